The molecule has 1 fully saturated rings. The normalized spacial score (nSPS) is 16.5. The first-order chi connectivity index (χ1) is 13.3. The highest BCUT2D eigenvalue weighted by Crippen LogP contribution is 2.35. The minimum atomic E-state index is 0.450. The fourth-order valence-electron chi connectivity index (χ4n) is 3.68. The Morgan fingerprint density at radius 1 is 1.11 bits per heavy atom. The molecule has 1 atom stereocenters. The highest BCUT2D eigenvalue weighted by molar-refractivity contribution is 5.58. The van der Waals surface area contributed by atoms with Crippen LogP contribution in [-0.2, 0) is 6.42 Å². The van der Waals surface area contributed by atoms with E-state index in [0.717, 1.165) is 54.6 Å². The first kappa shape index (κ1) is 17.5. The van der Waals surface area contributed by atoms with Crippen LogP contribution in [0.5, 0.6) is 5.75 Å². The minimum absolute atomic E-state index is 0.450. The number of nitrogens with zero attached hydrogens (tertiary/aromatic N) is 4. The van der Waals surface area contributed by atoms with Crippen molar-refractivity contribution in [3.63, 3.8) is 0 Å². The molecule has 0 bridgehead atoms. The lowest BCUT2D eigenvalue weighted by Gasteiger charge is -2.20. The molecule has 5 heteroatoms. The van der Waals surface area contributed by atoms with Gasteiger partial charge in [0.15, 0.2) is 5.82 Å². The lowest BCUT2D eigenvalue weighted by Crippen LogP contribution is -2.21. The molecule has 1 aliphatic rings. The van der Waals surface area contributed by atoms with Crippen LogP contribution in [0, 0.1) is 0 Å². The van der Waals surface area contributed by atoms with Gasteiger partial charge in [-0.15, -0.1) is 0 Å². The van der Waals surface area contributed by atoms with Gasteiger partial charge in [0.25, 0.3) is 0 Å². The van der Waals surface area contributed by atoms with Crippen molar-refractivity contribution in [2.75, 3.05) is 25.1 Å². The molecule has 0 N–H and O–H groups in total. The molecular weight excluding hydrogens is 336 g/mol. The zero-order valence-electron chi connectivity index (χ0n) is 15.8. The minimum Gasteiger partial charge on any atom is -0.496 e. The van der Waals surface area contributed by atoms with Gasteiger partial charge in [-0.25, -0.2) is 9.97 Å². The lowest BCUT2D eigenvalue weighted by atomic mass is 9.97. The van der Waals surface area contributed by atoms with Gasteiger partial charge in [0.2, 0.25) is 0 Å². The summed E-state index contributed by atoms with van der Waals surface area (Å²) in [5, 5.41) is 0. The van der Waals surface area contributed by atoms with Gasteiger partial charge in [0.1, 0.15) is 11.6 Å². The Hall–Kier alpha value is -2.95. The largest absolute Gasteiger partial charge is 0.496 e. The summed E-state index contributed by atoms with van der Waals surface area (Å²) in [6.07, 6.45) is 5.54. The number of aryl methyl sites for hydroxylation is 1. The molecule has 1 unspecified atom stereocenters. The number of methoxy groups -OCH3 is 1. The number of para-hydroxylation sites is 1. The SMILES string of the molecule is CCc1cc(N2CCC(c3ccccc3OC)C2)nc(-c2ccncc2)n1. The summed E-state index contributed by atoms with van der Waals surface area (Å²) in [5.74, 6) is 3.20. The van der Waals surface area contributed by atoms with Crippen LogP contribution >= 0.6 is 0 Å². The molecule has 0 saturated carbocycles. The number of hydrogen-bond donors (Lipinski definition) is 0. The van der Waals surface area contributed by atoms with Gasteiger partial charge in [-0.05, 0) is 36.6 Å². The van der Waals surface area contributed by atoms with E-state index < -0.39 is 0 Å². The third-order valence-corrected chi connectivity index (χ3v) is 5.16. The van der Waals surface area contributed by atoms with Crippen LogP contribution in [0.1, 0.15) is 30.5 Å². The number of benzene rings is 1. The summed E-state index contributed by atoms with van der Waals surface area (Å²) in [4.78, 5) is 16.0. The van der Waals surface area contributed by atoms with Gasteiger partial charge in [-0.3, -0.25) is 4.98 Å². The molecule has 3 heterocycles. The zero-order chi connectivity index (χ0) is 18.6. The Bertz CT molecular complexity index is 913. The van der Waals surface area contributed by atoms with Crippen LogP contribution < -0.4 is 9.64 Å². The van der Waals surface area contributed by atoms with Gasteiger partial charge in [-0.2, -0.15) is 0 Å². The van der Waals surface area contributed by atoms with Gasteiger partial charge in [0, 0.05) is 48.7 Å². The van der Waals surface area contributed by atoms with Crippen molar-refractivity contribution in [1.82, 2.24) is 15.0 Å². The monoisotopic (exact) mass is 360 g/mol. The maximum absolute atomic E-state index is 5.56. The summed E-state index contributed by atoms with van der Waals surface area (Å²) in [6, 6.07) is 14.4. The highest BCUT2D eigenvalue weighted by Gasteiger charge is 2.27. The Morgan fingerprint density at radius 3 is 2.70 bits per heavy atom. The Labute approximate surface area is 160 Å². The molecule has 1 saturated heterocycles. The Balaban J connectivity index is 1.62. The maximum atomic E-state index is 5.56. The van der Waals surface area contributed by atoms with E-state index in [1.165, 1.54) is 5.56 Å². The second kappa shape index (κ2) is 7.74. The molecule has 0 radical (unpaired) electrons. The summed E-state index contributed by atoms with van der Waals surface area (Å²) >= 11 is 0. The molecule has 0 amide bonds. The summed E-state index contributed by atoms with van der Waals surface area (Å²) in [6.45, 7) is 4.05. The molecule has 5 nitrogen and oxygen atoms in total. The van der Waals surface area contributed by atoms with E-state index >= 15 is 0 Å². The number of hydrogen-bond acceptors (Lipinski definition) is 5. The van der Waals surface area contributed by atoms with Crippen molar-refractivity contribution in [2.24, 2.45) is 0 Å². The molecule has 1 aliphatic heterocycles. The quantitative estimate of drug-likeness (QED) is 0.685. The molecule has 27 heavy (non-hydrogen) atoms. The van der Waals surface area contributed by atoms with E-state index in [4.69, 9.17) is 14.7 Å². The van der Waals surface area contributed by atoms with Crippen LogP contribution in [0.4, 0.5) is 5.82 Å². The average molecular weight is 360 g/mol. The number of rotatable bonds is 5. The topological polar surface area (TPSA) is 51.1 Å². The molecular formula is C22H24N4O. The van der Waals surface area contributed by atoms with E-state index in [9.17, 15) is 0 Å². The third-order valence-electron chi connectivity index (χ3n) is 5.16. The van der Waals surface area contributed by atoms with E-state index in [1.54, 1.807) is 19.5 Å². The highest BCUT2D eigenvalue weighted by atomic mass is 16.5. The number of pyridine rings is 1. The summed E-state index contributed by atoms with van der Waals surface area (Å²) in [5.41, 5.74) is 3.34. The number of ether oxygens (including phenoxy) is 1. The first-order valence-corrected chi connectivity index (χ1v) is 9.44. The molecule has 2 aromatic heterocycles. The van der Waals surface area contributed by atoms with E-state index in [1.807, 2.05) is 24.3 Å². The van der Waals surface area contributed by atoms with Crippen molar-refractivity contribution in [2.45, 2.75) is 25.7 Å². The van der Waals surface area contributed by atoms with Crippen LogP contribution in [-0.4, -0.2) is 35.2 Å². The van der Waals surface area contributed by atoms with E-state index in [2.05, 4.69) is 35.0 Å². The Kier molecular flexibility index (Phi) is 5.01. The molecule has 138 valence electrons. The molecule has 0 aliphatic carbocycles. The fourth-order valence-corrected chi connectivity index (χ4v) is 3.68. The third kappa shape index (κ3) is 3.63. The smallest absolute Gasteiger partial charge is 0.161 e. The molecule has 1 aromatic carbocycles. The van der Waals surface area contributed by atoms with E-state index in [0.29, 0.717) is 5.92 Å². The number of anilines is 1. The van der Waals surface area contributed by atoms with Crippen molar-refractivity contribution < 1.29 is 4.74 Å². The lowest BCUT2D eigenvalue weighted by molar-refractivity contribution is 0.406. The van der Waals surface area contributed by atoms with Gasteiger partial charge < -0.3 is 9.64 Å². The average Bonchev–Trinajstić information content (AvgIpc) is 3.24. The van der Waals surface area contributed by atoms with Gasteiger partial charge >= 0.3 is 0 Å². The molecule has 3 aromatic rings. The summed E-state index contributed by atoms with van der Waals surface area (Å²) < 4.78 is 5.56. The molecule has 0 spiro atoms. The number of aromatic nitrogens is 3. The van der Waals surface area contributed by atoms with Crippen molar-refractivity contribution in [3.05, 3.63) is 66.1 Å². The van der Waals surface area contributed by atoms with Crippen molar-refractivity contribution in [3.8, 4) is 17.1 Å². The molecule has 4 rings (SSSR count). The summed E-state index contributed by atoms with van der Waals surface area (Å²) in [7, 11) is 1.74. The maximum Gasteiger partial charge on any atom is 0.161 e. The zero-order valence-corrected chi connectivity index (χ0v) is 15.8. The predicted octanol–water partition coefficient (Wildman–Crippen LogP) is 4.10. The van der Waals surface area contributed by atoms with Crippen LogP contribution in [0.3, 0.4) is 0 Å². The fraction of sp³-hybridized carbons (Fsp3) is 0.318. The van der Waals surface area contributed by atoms with Crippen molar-refractivity contribution >= 4 is 5.82 Å². The van der Waals surface area contributed by atoms with Crippen LogP contribution in [0.25, 0.3) is 11.4 Å². The first-order valence-electron chi connectivity index (χ1n) is 9.44. The van der Waals surface area contributed by atoms with Gasteiger partial charge in [-0.1, -0.05) is 25.1 Å². The second-order valence-electron chi connectivity index (χ2n) is 6.80. The predicted molar refractivity (Wildman–Crippen MR) is 107 cm³/mol. The second-order valence-corrected chi connectivity index (χ2v) is 6.80. The van der Waals surface area contributed by atoms with Crippen LogP contribution in [0.2, 0.25) is 0 Å². The van der Waals surface area contributed by atoms with Crippen molar-refractivity contribution in [1.29, 1.82) is 0 Å². The van der Waals surface area contributed by atoms with Crippen LogP contribution in [0.15, 0.2) is 54.9 Å². The van der Waals surface area contributed by atoms with E-state index in [-0.39, 0.29) is 0 Å². The van der Waals surface area contributed by atoms with Gasteiger partial charge in [0.05, 0.1) is 7.11 Å². The Morgan fingerprint density at radius 2 is 1.93 bits per heavy atom. The standard InChI is InChI=1S/C22H24N4O/c1-3-18-14-21(25-22(24-18)16-8-11-23-12-9-16)26-13-10-17(15-26)19-6-4-5-7-20(19)27-2/h4-9,11-12,14,17H,3,10,13,15H2,1-2H3.